The normalized spacial score (nSPS) is 10.5. The van der Waals surface area contributed by atoms with Gasteiger partial charge in [-0.15, -0.1) is 10.2 Å². The summed E-state index contributed by atoms with van der Waals surface area (Å²) >= 11 is 6.82. The van der Waals surface area contributed by atoms with Crippen molar-refractivity contribution in [2.24, 2.45) is 0 Å². The molecular formula is C12H12IN3OS3. The summed E-state index contributed by atoms with van der Waals surface area (Å²) in [5, 5.41) is 11.0. The fourth-order valence-electron chi connectivity index (χ4n) is 1.31. The van der Waals surface area contributed by atoms with Crippen molar-refractivity contribution in [1.82, 2.24) is 10.2 Å². The molecule has 0 unspecified atom stereocenters. The van der Waals surface area contributed by atoms with Crippen molar-refractivity contribution in [1.29, 1.82) is 0 Å². The van der Waals surface area contributed by atoms with E-state index in [1.807, 2.05) is 24.3 Å². The Labute approximate surface area is 143 Å². The molecule has 1 amide bonds. The summed E-state index contributed by atoms with van der Waals surface area (Å²) in [4.78, 5) is 11.9. The number of thioether (sulfide) groups is 2. The fraction of sp³-hybridized carbons (Fsp3) is 0.250. The van der Waals surface area contributed by atoms with E-state index in [4.69, 9.17) is 0 Å². The first-order valence-corrected chi connectivity index (χ1v) is 9.69. The zero-order valence-electron chi connectivity index (χ0n) is 10.6. The monoisotopic (exact) mass is 437 g/mol. The van der Waals surface area contributed by atoms with Gasteiger partial charge < -0.3 is 5.32 Å². The van der Waals surface area contributed by atoms with Crippen molar-refractivity contribution in [3.8, 4) is 0 Å². The van der Waals surface area contributed by atoms with E-state index < -0.39 is 0 Å². The molecule has 0 aliphatic carbocycles. The Morgan fingerprint density at radius 2 is 2.00 bits per heavy atom. The van der Waals surface area contributed by atoms with Crippen LogP contribution in [0.25, 0.3) is 0 Å². The number of aromatic nitrogens is 2. The van der Waals surface area contributed by atoms with Gasteiger partial charge in [0.15, 0.2) is 8.68 Å². The second kappa shape index (κ2) is 8.20. The van der Waals surface area contributed by atoms with Gasteiger partial charge in [0.1, 0.15) is 0 Å². The van der Waals surface area contributed by atoms with Gasteiger partial charge in [0.05, 0.1) is 11.4 Å². The van der Waals surface area contributed by atoms with E-state index in [1.54, 1.807) is 11.8 Å². The first-order chi connectivity index (χ1) is 9.69. The molecule has 0 bridgehead atoms. The van der Waals surface area contributed by atoms with Crippen molar-refractivity contribution in [3.63, 3.8) is 0 Å². The van der Waals surface area contributed by atoms with Crippen molar-refractivity contribution in [3.05, 3.63) is 27.8 Å². The minimum absolute atomic E-state index is 0.0287. The van der Waals surface area contributed by atoms with E-state index in [2.05, 4.69) is 45.0 Å². The lowest BCUT2D eigenvalue weighted by molar-refractivity contribution is -0.113. The molecule has 0 aliphatic rings. The van der Waals surface area contributed by atoms with Crippen LogP contribution >= 0.6 is 57.5 Å². The van der Waals surface area contributed by atoms with Gasteiger partial charge >= 0.3 is 0 Å². The molecule has 0 spiro atoms. The molecule has 0 saturated carbocycles. The summed E-state index contributed by atoms with van der Waals surface area (Å²) in [5.74, 6) is 1.29. The van der Waals surface area contributed by atoms with Crippen LogP contribution in [0.4, 0.5) is 5.69 Å². The van der Waals surface area contributed by atoms with Crippen molar-refractivity contribution >= 4 is 69.0 Å². The first-order valence-electron chi connectivity index (χ1n) is 5.82. The Morgan fingerprint density at radius 3 is 2.70 bits per heavy atom. The van der Waals surface area contributed by atoms with E-state index in [9.17, 15) is 4.79 Å². The molecule has 8 heteroatoms. The van der Waals surface area contributed by atoms with Gasteiger partial charge in [0, 0.05) is 3.57 Å². The summed E-state index contributed by atoms with van der Waals surface area (Å²) in [6.07, 6.45) is 0. The summed E-state index contributed by atoms with van der Waals surface area (Å²) in [6, 6.07) is 7.71. The van der Waals surface area contributed by atoms with Crippen molar-refractivity contribution in [2.75, 3.05) is 16.8 Å². The van der Waals surface area contributed by atoms with E-state index >= 15 is 0 Å². The zero-order valence-corrected chi connectivity index (χ0v) is 15.2. The number of para-hydroxylation sites is 1. The summed E-state index contributed by atoms with van der Waals surface area (Å²) in [7, 11) is 0. The van der Waals surface area contributed by atoms with Gasteiger partial charge in [-0.3, -0.25) is 4.79 Å². The molecule has 1 aromatic heterocycles. The first kappa shape index (κ1) is 16.1. The Morgan fingerprint density at radius 1 is 1.30 bits per heavy atom. The predicted molar refractivity (Wildman–Crippen MR) is 94.8 cm³/mol. The lowest BCUT2D eigenvalue weighted by Gasteiger charge is -2.05. The fourth-order valence-corrected chi connectivity index (χ4v) is 4.55. The Balaban J connectivity index is 1.84. The van der Waals surface area contributed by atoms with E-state index in [-0.39, 0.29) is 5.91 Å². The van der Waals surface area contributed by atoms with E-state index in [1.165, 1.54) is 23.1 Å². The maximum absolute atomic E-state index is 11.9. The number of benzene rings is 1. The van der Waals surface area contributed by atoms with Crippen LogP contribution < -0.4 is 5.32 Å². The minimum Gasteiger partial charge on any atom is -0.324 e. The summed E-state index contributed by atoms with van der Waals surface area (Å²) in [6.45, 7) is 2.08. The van der Waals surface area contributed by atoms with Crippen molar-refractivity contribution in [2.45, 2.75) is 15.6 Å². The average Bonchev–Trinajstić information content (AvgIpc) is 2.87. The molecule has 1 heterocycles. The third kappa shape index (κ3) is 4.90. The maximum atomic E-state index is 11.9. The zero-order chi connectivity index (χ0) is 14.4. The number of halogens is 1. The molecule has 0 radical (unpaired) electrons. The van der Waals surface area contributed by atoms with Crippen LogP contribution in [-0.4, -0.2) is 27.6 Å². The van der Waals surface area contributed by atoms with E-state index in [0.717, 1.165) is 23.7 Å². The molecule has 0 fully saturated rings. The number of anilines is 1. The number of carbonyl (C=O) groups excluding carboxylic acids is 1. The van der Waals surface area contributed by atoms with Gasteiger partial charge in [-0.25, -0.2) is 0 Å². The molecule has 2 rings (SSSR count). The number of nitrogens with one attached hydrogen (secondary N) is 1. The second-order valence-corrected chi connectivity index (χ2v) is 8.46. The Kier molecular flexibility index (Phi) is 6.59. The Hall–Kier alpha value is -0.320. The standard InChI is InChI=1S/C12H12IN3OS3/c1-2-18-11-15-16-12(20-11)19-7-10(17)14-9-6-4-3-5-8(9)13/h3-6H,2,7H2,1H3,(H,14,17). The Bertz CT molecular complexity index is 591. The molecule has 4 nitrogen and oxygen atoms in total. The van der Waals surface area contributed by atoms with Crippen LogP contribution in [0.3, 0.4) is 0 Å². The second-order valence-electron chi connectivity index (χ2n) is 3.58. The van der Waals surface area contributed by atoms with Crippen LogP contribution in [0.1, 0.15) is 6.92 Å². The molecule has 0 atom stereocenters. The third-order valence-electron chi connectivity index (χ3n) is 2.13. The maximum Gasteiger partial charge on any atom is 0.234 e. The van der Waals surface area contributed by atoms with Gasteiger partial charge in [0.25, 0.3) is 0 Å². The molecule has 106 valence electrons. The largest absolute Gasteiger partial charge is 0.324 e. The quantitative estimate of drug-likeness (QED) is 0.547. The molecular weight excluding hydrogens is 425 g/mol. The number of hydrogen-bond acceptors (Lipinski definition) is 6. The van der Waals surface area contributed by atoms with Gasteiger partial charge in [0.2, 0.25) is 5.91 Å². The highest BCUT2D eigenvalue weighted by Gasteiger charge is 2.09. The van der Waals surface area contributed by atoms with Crippen LogP contribution in [0.5, 0.6) is 0 Å². The summed E-state index contributed by atoms with van der Waals surface area (Å²) < 4.78 is 2.81. The number of hydrogen-bond donors (Lipinski definition) is 1. The topological polar surface area (TPSA) is 54.9 Å². The minimum atomic E-state index is -0.0287. The predicted octanol–water partition coefficient (Wildman–Crippen LogP) is 3.99. The van der Waals surface area contributed by atoms with Crippen LogP contribution in [0.15, 0.2) is 32.9 Å². The summed E-state index contributed by atoms with van der Waals surface area (Å²) in [5.41, 5.74) is 0.846. The SMILES string of the molecule is CCSc1nnc(SCC(=O)Nc2ccccc2I)s1. The van der Waals surface area contributed by atoms with E-state index in [0.29, 0.717) is 5.75 Å². The van der Waals surface area contributed by atoms with Gasteiger partial charge in [-0.1, -0.05) is 53.9 Å². The van der Waals surface area contributed by atoms with Crippen LogP contribution in [0, 0.1) is 3.57 Å². The highest BCUT2D eigenvalue weighted by atomic mass is 127. The molecule has 2 aromatic rings. The molecule has 1 N–H and O–H groups in total. The lowest BCUT2D eigenvalue weighted by Crippen LogP contribution is -2.14. The lowest BCUT2D eigenvalue weighted by atomic mass is 10.3. The average molecular weight is 437 g/mol. The van der Waals surface area contributed by atoms with Crippen LogP contribution in [-0.2, 0) is 4.79 Å². The molecule has 1 aromatic carbocycles. The van der Waals surface area contributed by atoms with Gasteiger partial charge in [-0.2, -0.15) is 0 Å². The van der Waals surface area contributed by atoms with Gasteiger partial charge in [-0.05, 0) is 40.5 Å². The number of carbonyl (C=O) groups is 1. The number of amides is 1. The van der Waals surface area contributed by atoms with Crippen molar-refractivity contribution < 1.29 is 4.79 Å². The van der Waals surface area contributed by atoms with Crippen LogP contribution in [0.2, 0.25) is 0 Å². The molecule has 0 saturated heterocycles. The number of nitrogens with zero attached hydrogens (tertiary/aromatic N) is 2. The smallest absolute Gasteiger partial charge is 0.234 e. The molecule has 0 aliphatic heterocycles. The number of rotatable bonds is 6. The molecule has 20 heavy (non-hydrogen) atoms. The highest BCUT2D eigenvalue weighted by Crippen LogP contribution is 2.28. The third-order valence-corrected chi connectivity index (χ3v) is 6.14. The highest BCUT2D eigenvalue weighted by molar-refractivity contribution is 14.1.